The standard InChI is InChI=1S/C21H42OS.C5H12O3.3C4H6O2/c1-3-5-6-7-8-9-10-11-12-13-14-15-16-17-18-19-20-22-21(23)4-2;1-5(2-6,3-7)4-8;3*1-3(2)4(5)6/h3-20H2,1-2H3;6-8H,2-4H2,1H3;3*1H2,2H3,(H,5,6). The predicted molar refractivity (Wildman–Crippen MR) is 205 cm³/mol. The molecule has 11 heteroatoms. The smallest absolute Gasteiger partial charge is 0.330 e. The summed E-state index contributed by atoms with van der Waals surface area (Å²) in [6.07, 6.45) is 23.4. The number of hydrogen-bond donors (Lipinski definition) is 6. The van der Waals surface area contributed by atoms with E-state index >= 15 is 0 Å². The third kappa shape index (κ3) is 55.1. The number of aliphatic carboxylic acids is 3. The first-order valence-corrected chi connectivity index (χ1v) is 18.0. The van der Waals surface area contributed by atoms with Crippen molar-refractivity contribution in [2.75, 3.05) is 26.4 Å². The van der Waals surface area contributed by atoms with Crippen LogP contribution in [0, 0.1) is 5.41 Å². The van der Waals surface area contributed by atoms with Gasteiger partial charge in [-0.05, 0) is 39.4 Å². The number of ether oxygens (including phenoxy) is 1. The Morgan fingerprint density at radius 3 is 0.939 bits per heavy atom. The highest BCUT2D eigenvalue weighted by molar-refractivity contribution is 7.80. The zero-order valence-corrected chi connectivity index (χ0v) is 32.5. The summed E-state index contributed by atoms with van der Waals surface area (Å²) in [6, 6.07) is 0. The van der Waals surface area contributed by atoms with E-state index in [0.29, 0.717) is 0 Å². The predicted octanol–water partition coefficient (Wildman–Crippen LogP) is 8.91. The van der Waals surface area contributed by atoms with Crippen LogP contribution in [0.4, 0.5) is 0 Å². The fraction of sp³-hybridized carbons (Fsp3) is 0.737. The molecule has 0 amide bonds. The zero-order valence-electron chi connectivity index (χ0n) is 31.7. The average Bonchev–Trinajstić information content (AvgIpc) is 3.06. The number of rotatable bonds is 24. The summed E-state index contributed by atoms with van der Waals surface area (Å²) in [7, 11) is 0. The fourth-order valence-electron chi connectivity index (χ4n) is 3.09. The Balaban J connectivity index is -0.000000200. The molecule has 0 unspecified atom stereocenters. The summed E-state index contributed by atoms with van der Waals surface area (Å²) in [5.74, 6) is -2.81. The van der Waals surface area contributed by atoms with Gasteiger partial charge in [-0.25, -0.2) is 14.4 Å². The van der Waals surface area contributed by atoms with E-state index in [2.05, 4.69) is 33.6 Å². The maximum atomic E-state index is 9.60. The number of carboxylic acids is 3. The third-order valence-corrected chi connectivity index (χ3v) is 7.20. The van der Waals surface area contributed by atoms with Gasteiger partial charge in [-0.2, -0.15) is 0 Å². The number of carboxylic acid groups (broad SMARTS) is 3. The summed E-state index contributed by atoms with van der Waals surface area (Å²) < 4.78 is 5.44. The molecule has 0 saturated carbocycles. The topological polar surface area (TPSA) is 182 Å². The number of hydrogen-bond acceptors (Lipinski definition) is 8. The molecule has 0 saturated heterocycles. The zero-order chi connectivity index (χ0) is 39.1. The van der Waals surface area contributed by atoms with Crippen LogP contribution in [0.5, 0.6) is 0 Å². The van der Waals surface area contributed by atoms with E-state index in [0.717, 1.165) is 18.1 Å². The van der Waals surface area contributed by atoms with Crippen LogP contribution in [0.15, 0.2) is 36.5 Å². The largest absolute Gasteiger partial charge is 0.487 e. The molecule has 0 aromatic heterocycles. The Hall–Kier alpha value is -2.60. The van der Waals surface area contributed by atoms with Crippen molar-refractivity contribution < 1.29 is 49.8 Å². The van der Waals surface area contributed by atoms with Crippen LogP contribution in [-0.4, -0.2) is 80.0 Å². The third-order valence-electron chi connectivity index (χ3n) is 6.79. The van der Waals surface area contributed by atoms with E-state index in [-0.39, 0.29) is 36.5 Å². The first kappa shape index (κ1) is 55.8. The van der Waals surface area contributed by atoms with Crippen LogP contribution in [0.25, 0.3) is 0 Å². The van der Waals surface area contributed by atoms with E-state index in [4.69, 9.17) is 47.6 Å². The summed E-state index contributed by atoms with van der Waals surface area (Å²) in [4.78, 5) is 28.8. The molecule has 290 valence electrons. The van der Waals surface area contributed by atoms with Gasteiger partial charge in [-0.1, -0.05) is 137 Å². The van der Waals surface area contributed by atoms with Crippen molar-refractivity contribution in [3.05, 3.63) is 36.5 Å². The molecule has 0 aromatic carbocycles. The van der Waals surface area contributed by atoms with Gasteiger partial charge in [0.2, 0.25) is 0 Å². The van der Waals surface area contributed by atoms with E-state index in [1.165, 1.54) is 124 Å². The minimum absolute atomic E-state index is 0.176. The van der Waals surface area contributed by atoms with Crippen molar-refractivity contribution in [2.45, 2.75) is 151 Å². The second-order valence-corrected chi connectivity index (χ2v) is 12.9. The van der Waals surface area contributed by atoms with Crippen LogP contribution in [0.3, 0.4) is 0 Å². The molecule has 0 atom stereocenters. The van der Waals surface area contributed by atoms with Crippen molar-refractivity contribution in [3.63, 3.8) is 0 Å². The molecule has 0 heterocycles. The van der Waals surface area contributed by atoms with Gasteiger partial charge in [0.05, 0.1) is 26.4 Å². The van der Waals surface area contributed by atoms with Gasteiger partial charge in [0.15, 0.2) is 5.05 Å². The van der Waals surface area contributed by atoms with Crippen LogP contribution in [-0.2, 0) is 19.1 Å². The summed E-state index contributed by atoms with van der Waals surface area (Å²) in [5.41, 5.74) is -0.181. The summed E-state index contributed by atoms with van der Waals surface area (Å²) >= 11 is 5.04. The van der Waals surface area contributed by atoms with Gasteiger partial charge in [0.1, 0.15) is 0 Å². The van der Waals surface area contributed by atoms with E-state index < -0.39 is 23.3 Å². The molecule has 0 radical (unpaired) electrons. The number of thiocarbonyl (C=S) groups is 1. The average molecular weight is 721 g/mol. The lowest BCUT2D eigenvalue weighted by Gasteiger charge is -2.20. The van der Waals surface area contributed by atoms with Crippen LogP contribution < -0.4 is 0 Å². The normalized spacial score (nSPS) is 9.82. The fourth-order valence-corrected chi connectivity index (χ4v) is 3.17. The minimum Gasteiger partial charge on any atom is -0.487 e. The van der Waals surface area contributed by atoms with Gasteiger partial charge in [-0.15, -0.1) is 0 Å². The van der Waals surface area contributed by atoms with Crippen molar-refractivity contribution in [1.29, 1.82) is 0 Å². The molecule has 0 aliphatic heterocycles. The molecular weight excluding hydrogens is 648 g/mol. The molecule has 0 aromatic rings. The molecule has 6 N–H and O–H groups in total. The second kappa shape index (κ2) is 41.6. The molecule has 0 bridgehead atoms. The minimum atomic E-state index is -0.935. The van der Waals surface area contributed by atoms with E-state index in [9.17, 15) is 14.4 Å². The van der Waals surface area contributed by atoms with Crippen molar-refractivity contribution in [1.82, 2.24) is 0 Å². The monoisotopic (exact) mass is 720 g/mol. The number of aliphatic hydroxyl groups excluding tert-OH is 3. The van der Waals surface area contributed by atoms with Crippen molar-refractivity contribution >= 4 is 35.2 Å². The van der Waals surface area contributed by atoms with Gasteiger partial charge in [-0.3, -0.25) is 0 Å². The second-order valence-electron chi connectivity index (χ2n) is 12.4. The van der Waals surface area contributed by atoms with Gasteiger partial charge >= 0.3 is 17.9 Å². The molecular formula is C38H72O10S. The van der Waals surface area contributed by atoms with E-state index in [1.807, 2.05) is 0 Å². The summed E-state index contributed by atoms with van der Waals surface area (Å²) in [5, 5.41) is 49.8. The van der Waals surface area contributed by atoms with Gasteiger partial charge in [0.25, 0.3) is 0 Å². The number of unbranched alkanes of at least 4 members (excludes halogenated alkanes) is 15. The Morgan fingerprint density at radius 1 is 0.551 bits per heavy atom. The molecule has 0 rings (SSSR count). The lowest BCUT2D eigenvalue weighted by Crippen LogP contribution is -2.29. The quantitative estimate of drug-likeness (QED) is 0.0318. The lowest BCUT2D eigenvalue weighted by atomic mass is 9.95. The SMILES string of the molecule is C=C(C)C(=O)O.C=C(C)C(=O)O.C=C(C)C(=O)O.CC(CO)(CO)CO.CCCCCCCCCCCCCCCCCCOC(=S)CC. The van der Waals surface area contributed by atoms with Gasteiger partial charge in [0, 0.05) is 28.6 Å². The first-order valence-electron chi connectivity index (χ1n) is 17.6. The molecule has 0 spiro atoms. The first-order chi connectivity index (χ1) is 22.9. The Morgan fingerprint density at radius 2 is 0.776 bits per heavy atom. The van der Waals surface area contributed by atoms with Crippen LogP contribution in [0.2, 0.25) is 0 Å². The Labute approximate surface area is 303 Å². The van der Waals surface area contributed by atoms with Crippen molar-refractivity contribution in [3.8, 4) is 0 Å². The maximum absolute atomic E-state index is 9.60. The van der Waals surface area contributed by atoms with Gasteiger partial charge < -0.3 is 35.4 Å². The molecule has 0 aliphatic carbocycles. The molecule has 49 heavy (non-hydrogen) atoms. The summed E-state index contributed by atoms with van der Waals surface area (Å²) in [6.45, 7) is 20.0. The maximum Gasteiger partial charge on any atom is 0.330 e. The van der Waals surface area contributed by atoms with Crippen molar-refractivity contribution in [2.24, 2.45) is 5.41 Å². The highest BCUT2D eigenvalue weighted by Gasteiger charge is 2.20. The molecule has 10 nitrogen and oxygen atoms in total. The molecule has 0 aliphatic rings. The van der Waals surface area contributed by atoms with Crippen LogP contribution >= 0.6 is 12.2 Å². The Bertz CT molecular complexity index is 765. The van der Waals surface area contributed by atoms with Crippen LogP contribution in [0.1, 0.15) is 151 Å². The highest BCUT2D eigenvalue weighted by atomic mass is 32.1. The number of carbonyl (C=O) groups is 3. The number of aliphatic hydroxyl groups is 3. The molecule has 0 fully saturated rings. The Kier molecular flexibility index (Phi) is 47.3. The highest BCUT2D eigenvalue weighted by Crippen LogP contribution is 2.14. The lowest BCUT2D eigenvalue weighted by molar-refractivity contribution is -0.133. The van der Waals surface area contributed by atoms with E-state index in [1.54, 1.807) is 6.92 Å².